The summed E-state index contributed by atoms with van der Waals surface area (Å²) in [5.41, 5.74) is 2.99. The Morgan fingerprint density at radius 1 is 0.889 bits per heavy atom. The van der Waals surface area contributed by atoms with Crippen LogP contribution in [0.1, 0.15) is 22.8 Å². The monoisotopic (exact) mass is 361 g/mol. The van der Waals surface area contributed by atoms with Crippen LogP contribution in [-0.2, 0) is 11.3 Å². The molecule has 0 unspecified atom stereocenters. The lowest BCUT2D eigenvalue weighted by atomic mass is 10.1. The molecule has 1 aliphatic heterocycles. The number of hydrogen-bond acceptors (Lipinski definition) is 2. The predicted octanol–water partition coefficient (Wildman–Crippen LogP) is 2.99. The minimum atomic E-state index is 0.0348. The number of fused-ring (bicyclic) bond motifs is 1. The molecule has 2 heterocycles. The number of benzene rings is 2. The molecule has 0 aliphatic carbocycles. The van der Waals surface area contributed by atoms with Crippen LogP contribution in [0.25, 0.3) is 10.9 Å². The van der Waals surface area contributed by atoms with Gasteiger partial charge in [-0.1, -0.05) is 36.4 Å². The number of carbonyl (C=O) groups excluding carboxylic acids is 2. The van der Waals surface area contributed by atoms with Gasteiger partial charge in [0.2, 0.25) is 5.91 Å². The minimum absolute atomic E-state index is 0.0348. The van der Waals surface area contributed by atoms with Gasteiger partial charge in [0.15, 0.2) is 0 Å². The van der Waals surface area contributed by atoms with Crippen molar-refractivity contribution >= 4 is 22.7 Å². The molecule has 0 radical (unpaired) electrons. The topological polar surface area (TPSA) is 45.6 Å². The second kappa shape index (κ2) is 7.27. The molecule has 138 valence electrons. The summed E-state index contributed by atoms with van der Waals surface area (Å²) in [6.45, 7) is 4.73. The molecule has 1 saturated heterocycles. The Morgan fingerprint density at radius 2 is 1.59 bits per heavy atom. The third kappa shape index (κ3) is 3.58. The highest BCUT2D eigenvalue weighted by Gasteiger charge is 2.23. The highest BCUT2D eigenvalue weighted by atomic mass is 16.2. The van der Waals surface area contributed by atoms with Gasteiger partial charge < -0.3 is 14.4 Å². The van der Waals surface area contributed by atoms with E-state index in [0.29, 0.717) is 31.7 Å². The molecule has 0 spiro atoms. The molecule has 1 aromatic heterocycles. The van der Waals surface area contributed by atoms with Crippen LogP contribution in [0.3, 0.4) is 0 Å². The summed E-state index contributed by atoms with van der Waals surface area (Å²) in [7, 11) is 0. The highest BCUT2D eigenvalue weighted by molar-refractivity contribution is 5.98. The van der Waals surface area contributed by atoms with E-state index in [4.69, 9.17) is 0 Å². The molecule has 2 amide bonds. The van der Waals surface area contributed by atoms with Crippen molar-refractivity contribution < 1.29 is 9.59 Å². The van der Waals surface area contributed by atoms with Crippen LogP contribution in [0.4, 0.5) is 0 Å². The average molecular weight is 361 g/mol. The Bertz CT molecular complexity index is 970. The third-order valence-electron chi connectivity index (χ3n) is 5.23. The fraction of sp³-hybridized carbons (Fsp3) is 0.273. The number of rotatable bonds is 3. The molecular weight excluding hydrogens is 338 g/mol. The number of carbonyl (C=O) groups is 2. The van der Waals surface area contributed by atoms with Crippen molar-refractivity contribution in [2.24, 2.45) is 0 Å². The van der Waals surface area contributed by atoms with E-state index < -0.39 is 0 Å². The summed E-state index contributed by atoms with van der Waals surface area (Å²) in [5, 5.41) is 1.13. The van der Waals surface area contributed by atoms with Crippen LogP contribution in [0.15, 0.2) is 60.8 Å². The summed E-state index contributed by atoms with van der Waals surface area (Å²) in [4.78, 5) is 28.0. The van der Waals surface area contributed by atoms with Gasteiger partial charge in [0.1, 0.15) is 0 Å². The molecular formula is C22H23N3O2. The van der Waals surface area contributed by atoms with E-state index >= 15 is 0 Å². The molecule has 0 saturated carbocycles. The van der Waals surface area contributed by atoms with Gasteiger partial charge in [0, 0.05) is 56.9 Å². The molecule has 1 aliphatic rings. The maximum absolute atomic E-state index is 12.9. The Kier molecular flexibility index (Phi) is 4.67. The first kappa shape index (κ1) is 17.3. The van der Waals surface area contributed by atoms with Crippen LogP contribution in [0.2, 0.25) is 0 Å². The van der Waals surface area contributed by atoms with Gasteiger partial charge in [-0.3, -0.25) is 9.59 Å². The number of piperazine rings is 1. The van der Waals surface area contributed by atoms with Gasteiger partial charge in [0.25, 0.3) is 5.91 Å². The van der Waals surface area contributed by atoms with Crippen LogP contribution >= 0.6 is 0 Å². The molecule has 0 atom stereocenters. The number of nitrogens with zero attached hydrogens (tertiary/aromatic N) is 3. The largest absolute Gasteiger partial charge is 0.343 e. The second-order valence-electron chi connectivity index (χ2n) is 7.00. The Balaban J connectivity index is 1.55. The quantitative estimate of drug-likeness (QED) is 0.720. The van der Waals surface area contributed by atoms with E-state index in [1.54, 1.807) is 11.8 Å². The fourth-order valence-electron chi connectivity index (χ4n) is 3.64. The van der Waals surface area contributed by atoms with E-state index in [2.05, 4.69) is 29.0 Å². The highest BCUT2D eigenvalue weighted by Crippen LogP contribution is 2.20. The number of aromatic nitrogens is 1. The molecule has 3 aromatic rings. The standard InChI is InChI=1S/C22H23N3O2/c1-17(26)23-11-13-24(14-12-23)22(27)20-8-7-19-9-10-25(21(19)15-20)16-18-5-3-2-4-6-18/h2-10,15H,11-14,16H2,1H3. The summed E-state index contributed by atoms with van der Waals surface area (Å²) in [6.07, 6.45) is 2.07. The molecule has 1 fully saturated rings. The first-order valence-electron chi connectivity index (χ1n) is 9.29. The normalized spacial score (nSPS) is 14.6. The van der Waals surface area contributed by atoms with Crippen molar-refractivity contribution in [2.75, 3.05) is 26.2 Å². The van der Waals surface area contributed by atoms with Crippen LogP contribution in [0, 0.1) is 0 Å². The van der Waals surface area contributed by atoms with Crippen LogP contribution in [0.5, 0.6) is 0 Å². The third-order valence-corrected chi connectivity index (χ3v) is 5.23. The summed E-state index contributed by atoms with van der Waals surface area (Å²) in [5.74, 6) is 0.106. The van der Waals surface area contributed by atoms with Gasteiger partial charge in [-0.15, -0.1) is 0 Å². The van der Waals surface area contributed by atoms with Gasteiger partial charge in [-0.2, -0.15) is 0 Å². The fourth-order valence-corrected chi connectivity index (χ4v) is 3.64. The molecule has 5 nitrogen and oxygen atoms in total. The summed E-state index contributed by atoms with van der Waals surface area (Å²) in [6, 6.07) is 18.3. The lowest BCUT2D eigenvalue weighted by molar-refractivity contribution is -0.130. The lowest BCUT2D eigenvalue weighted by Gasteiger charge is -2.34. The Morgan fingerprint density at radius 3 is 2.30 bits per heavy atom. The Hall–Kier alpha value is -3.08. The van der Waals surface area contributed by atoms with Gasteiger partial charge >= 0.3 is 0 Å². The predicted molar refractivity (Wildman–Crippen MR) is 106 cm³/mol. The zero-order valence-electron chi connectivity index (χ0n) is 15.5. The van der Waals surface area contributed by atoms with Crippen molar-refractivity contribution in [3.8, 4) is 0 Å². The second-order valence-corrected chi connectivity index (χ2v) is 7.00. The van der Waals surface area contributed by atoms with E-state index in [1.165, 1.54) is 5.56 Å². The molecule has 27 heavy (non-hydrogen) atoms. The molecule has 5 heteroatoms. The van der Waals surface area contributed by atoms with Crippen molar-refractivity contribution in [2.45, 2.75) is 13.5 Å². The first-order valence-corrected chi connectivity index (χ1v) is 9.29. The SMILES string of the molecule is CC(=O)N1CCN(C(=O)c2ccc3ccn(Cc4ccccc4)c3c2)CC1. The van der Waals surface area contributed by atoms with Crippen molar-refractivity contribution in [3.05, 3.63) is 71.9 Å². The van der Waals surface area contributed by atoms with E-state index in [-0.39, 0.29) is 11.8 Å². The van der Waals surface area contributed by atoms with Crippen LogP contribution < -0.4 is 0 Å². The zero-order valence-corrected chi connectivity index (χ0v) is 15.5. The summed E-state index contributed by atoms with van der Waals surface area (Å²) < 4.78 is 2.18. The van der Waals surface area contributed by atoms with Crippen molar-refractivity contribution in [3.63, 3.8) is 0 Å². The van der Waals surface area contributed by atoms with E-state index in [1.807, 2.05) is 41.3 Å². The maximum Gasteiger partial charge on any atom is 0.254 e. The van der Waals surface area contributed by atoms with Crippen molar-refractivity contribution in [1.82, 2.24) is 14.4 Å². The zero-order chi connectivity index (χ0) is 18.8. The van der Waals surface area contributed by atoms with Crippen LogP contribution in [-0.4, -0.2) is 52.4 Å². The molecule has 4 rings (SSSR count). The van der Waals surface area contributed by atoms with Gasteiger partial charge in [-0.25, -0.2) is 0 Å². The Labute approximate surface area is 158 Å². The smallest absolute Gasteiger partial charge is 0.254 e. The van der Waals surface area contributed by atoms with E-state index in [9.17, 15) is 9.59 Å². The molecule has 0 bridgehead atoms. The van der Waals surface area contributed by atoms with Gasteiger partial charge in [0.05, 0.1) is 0 Å². The van der Waals surface area contributed by atoms with Gasteiger partial charge in [-0.05, 0) is 29.1 Å². The first-order chi connectivity index (χ1) is 13.1. The average Bonchev–Trinajstić information content (AvgIpc) is 3.10. The molecule has 0 N–H and O–H groups in total. The number of amides is 2. The lowest BCUT2D eigenvalue weighted by Crippen LogP contribution is -2.50. The maximum atomic E-state index is 12.9. The van der Waals surface area contributed by atoms with E-state index in [0.717, 1.165) is 17.4 Å². The summed E-state index contributed by atoms with van der Waals surface area (Å²) >= 11 is 0. The minimum Gasteiger partial charge on any atom is -0.343 e. The molecule has 2 aromatic carbocycles. The number of hydrogen-bond donors (Lipinski definition) is 0. The van der Waals surface area contributed by atoms with Crippen molar-refractivity contribution in [1.29, 1.82) is 0 Å².